The van der Waals surface area contributed by atoms with E-state index in [1.165, 1.54) is 0 Å². The van der Waals surface area contributed by atoms with Crippen molar-refractivity contribution in [3.63, 3.8) is 0 Å². The smallest absolute Gasteiger partial charge is 0.148 e. The number of nitrogens with one attached hydrogen (secondary N) is 2. The van der Waals surface area contributed by atoms with Gasteiger partial charge in [-0.3, -0.25) is 0 Å². The third-order valence-corrected chi connectivity index (χ3v) is 3.26. The van der Waals surface area contributed by atoms with Crippen molar-refractivity contribution in [2.75, 3.05) is 17.3 Å². The Labute approximate surface area is 125 Å². The lowest BCUT2D eigenvalue weighted by Crippen LogP contribution is -2.16. The molecule has 0 fully saturated rings. The third-order valence-electron chi connectivity index (χ3n) is 3.26. The number of nitrogens with two attached hydrogens (primary N) is 1. The number of aryl methyl sites for hydroxylation is 1. The average Bonchev–Trinajstić information content (AvgIpc) is 2.98. The molecule has 7 heteroatoms. The van der Waals surface area contributed by atoms with Crippen molar-refractivity contribution in [3.05, 3.63) is 30.1 Å². The summed E-state index contributed by atoms with van der Waals surface area (Å²) >= 11 is 0. The van der Waals surface area contributed by atoms with E-state index in [2.05, 4.69) is 44.1 Å². The number of hydrazine groups is 1. The highest BCUT2D eigenvalue weighted by atomic mass is 15.3. The van der Waals surface area contributed by atoms with Gasteiger partial charge in [-0.15, -0.1) is 0 Å². The fourth-order valence-electron chi connectivity index (χ4n) is 1.99. The van der Waals surface area contributed by atoms with Crippen LogP contribution in [0.3, 0.4) is 0 Å². The van der Waals surface area contributed by atoms with Crippen LogP contribution >= 0.6 is 0 Å². The minimum absolute atomic E-state index is 0.254. The van der Waals surface area contributed by atoms with Crippen LogP contribution in [0.2, 0.25) is 0 Å². The number of nitrogen functional groups attached to an aromatic ring is 1. The van der Waals surface area contributed by atoms with Crippen LogP contribution in [0.4, 0.5) is 11.6 Å². The molecule has 0 unspecified atom stereocenters. The summed E-state index contributed by atoms with van der Waals surface area (Å²) in [6.45, 7) is 7.84. The fraction of sp³-hybridized carbons (Fsp3) is 0.500. The number of rotatable bonds is 7. The summed E-state index contributed by atoms with van der Waals surface area (Å²) in [7, 11) is 0. The first-order chi connectivity index (χ1) is 10.1. The van der Waals surface area contributed by atoms with E-state index in [0.717, 1.165) is 36.7 Å². The summed E-state index contributed by atoms with van der Waals surface area (Å²) in [6.07, 6.45) is 6.56. The minimum atomic E-state index is 0.254. The van der Waals surface area contributed by atoms with E-state index < -0.39 is 0 Å². The number of nitrogens with zero attached hydrogens (tertiary/aromatic N) is 4. The van der Waals surface area contributed by atoms with Gasteiger partial charge in [0.15, 0.2) is 0 Å². The zero-order chi connectivity index (χ0) is 15.2. The predicted octanol–water partition coefficient (Wildman–Crippen LogP) is 1.89. The van der Waals surface area contributed by atoms with E-state index >= 15 is 0 Å². The predicted molar refractivity (Wildman–Crippen MR) is 84.0 cm³/mol. The van der Waals surface area contributed by atoms with Gasteiger partial charge in [-0.2, -0.15) is 0 Å². The van der Waals surface area contributed by atoms with Crippen molar-refractivity contribution >= 4 is 11.6 Å². The molecule has 0 aliphatic heterocycles. The van der Waals surface area contributed by atoms with Crippen LogP contribution in [-0.4, -0.2) is 26.1 Å². The zero-order valence-corrected chi connectivity index (χ0v) is 12.8. The lowest BCUT2D eigenvalue weighted by atomic mass is 10.2. The SMILES string of the molecule is Cc1c(NN)nc(C(C)C)nc1NCCCn1ccnc1. The van der Waals surface area contributed by atoms with Gasteiger partial charge in [-0.05, 0) is 13.3 Å². The molecular formula is C14H23N7. The number of anilines is 2. The van der Waals surface area contributed by atoms with Gasteiger partial charge in [0.25, 0.3) is 0 Å². The highest BCUT2D eigenvalue weighted by Crippen LogP contribution is 2.22. The summed E-state index contributed by atoms with van der Waals surface area (Å²) in [5, 5.41) is 3.36. The van der Waals surface area contributed by atoms with Crippen LogP contribution in [0, 0.1) is 6.92 Å². The van der Waals surface area contributed by atoms with Gasteiger partial charge in [0.1, 0.15) is 17.5 Å². The Kier molecular flexibility index (Phi) is 5.10. The second kappa shape index (κ2) is 7.03. The van der Waals surface area contributed by atoms with E-state index in [4.69, 9.17) is 5.84 Å². The molecule has 7 nitrogen and oxygen atoms in total. The van der Waals surface area contributed by atoms with Crippen LogP contribution in [0.25, 0.3) is 0 Å². The molecule has 0 radical (unpaired) electrons. The maximum Gasteiger partial charge on any atom is 0.148 e. The van der Waals surface area contributed by atoms with Crippen molar-refractivity contribution in [3.8, 4) is 0 Å². The van der Waals surface area contributed by atoms with Gasteiger partial charge in [0.2, 0.25) is 0 Å². The Balaban J connectivity index is 1.99. The normalized spacial score (nSPS) is 10.9. The Bertz CT molecular complexity index is 563. The molecule has 0 atom stereocenters. The van der Waals surface area contributed by atoms with Gasteiger partial charge in [-0.25, -0.2) is 20.8 Å². The van der Waals surface area contributed by atoms with Gasteiger partial charge < -0.3 is 15.3 Å². The molecule has 0 saturated heterocycles. The maximum atomic E-state index is 5.53. The van der Waals surface area contributed by atoms with Crippen LogP contribution in [0.5, 0.6) is 0 Å². The Morgan fingerprint density at radius 2 is 2.05 bits per heavy atom. The standard InChI is InChI=1S/C14H23N7/c1-10(2)12-18-13(11(3)14(19-12)20-15)17-5-4-7-21-8-6-16-9-21/h6,8-10H,4-5,7,15H2,1-3H3,(H2,17,18,19,20). The lowest BCUT2D eigenvalue weighted by Gasteiger charge is -2.15. The fourth-order valence-corrected chi connectivity index (χ4v) is 1.99. The topological polar surface area (TPSA) is 93.7 Å². The van der Waals surface area contributed by atoms with Crippen molar-refractivity contribution in [1.82, 2.24) is 19.5 Å². The third kappa shape index (κ3) is 3.91. The molecule has 0 aliphatic carbocycles. The van der Waals surface area contributed by atoms with E-state index in [1.54, 1.807) is 6.20 Å². The number of imidazole rings is 1. The Morgan fingerprint density at radius 1 is 1.29 bits per heavy atom. The summed E-state index contributed by atoms with van der Waals surface area (Å²) in [5.41, 5.74) is 3.57. The van der Waals surface area contributed by atoms with Gasteiger partial charge >= 0.3 is 0 Å². The molecule has 0 bridgehead atoms. The molecule has 0 saturated carbocycles. The Morgan fingerprint density at radius 3 is 2.67 bits per heavy atom. The Hall–Kier alpha value is -2.15. The summed E-state index contributed by atoms with van der Waals surface area (Å²) in [5.74, 6) is 8.08. The molecular weight excluding hydrogens is 266 g/mol. The molecule has 0 amide bonds. The van der Waals surface area contributed by atoms with Gasteiger partial charge in [0.05, 0.1) is 6.33 Å². The number of hydrogen-bond acceptors (Lipinski definition) is 6. The summed E-state index contributed by atoms with van der Waals surface area (Å²) in [4.78, 5) is 13.0. The van der Waals surface area contributed by atoms with E-state index in [-0.39, 0.29) is 5.92 Å². The molecule has 114 valence electrons. The second-order valence-corrected chi connectivity index (χ2v) is 5.28. The van der Waals surface area contributed by atoms with E-state index in [0.29, 0.717) is 5.82 Å². The lowest BCUT2D eigenvalue weighted by molar-refractivity contribution is 0.659. The second-order valence-electron chi connectivity index (χ2n) is 5.28. The largest absolute Gasteiger partial charge is 0.370 e. The molecule has 2 rings (SSSR count). The highest BCUT2D eigenvalue weighted by Gasteiger charge is 2.12. The molecule has 2 aromatic rings. The molecule has 2 heterocycles. The molecule has 0 spiro atoms. The average molecular weight is 289 g/mol. The van der Waals surface area contributed by atoms with Crippen LogP contribution in [0.1, 0.15) is 37.6 Å². The molecule has 4 N–H and O–H groups in total. The molecule has 0 aromatic carbocycles. The zero-order valence-electron chi connectivity index (χ0n) is 12.8. The maximum absolute atomic E-state index is 5.53. The number of hydrogen-bond donors (Lipinski definition) is 3. The van der Waals surface area contributed by atoms with E-state index in [1.807, 2.05) is 19.4 Å². The first-order valence-electron chi connectivity index (χ1n) is 7.16. The molecule has 2 aromatic heterocycles. The van der Waals surface area contributed by atoms with Crippen LogP contribution in [-0.2, 0) is 6.54 Å². The van der Waals surface area contributed by atoms with Crippen molar-refractivity contribution in [2.45, 2.75) is 39.7 Å². The monoisotopic (exact) mass is 289 g/mol. The van der Waals surface area contributed by atoms with Gasteiger partial charge in [-0.1, -0.05) is 13.8 Å². The van der Waals surface area contributed by atoms with E-state index in [9.17, 15) is 0 Å². The van der Waals surface area contributed by atoms with Crippen LogP contribution in [0.15, 0.2) is 18.7 Å². The minimum Gasteiger partial charge on any atom is -0.370 e. The summed E-state index contributed by atoms with van der Waals surface area (Å²) < 4.78 is 2.06. The quantitative estimate of drug-likeness (QED) is 0.409. The van der Waals surface area contributed by atoms with Crippen LogP contribution < -0.4 is 16.6 Å². The molecule has 21 heavy (non-hydrogen) atoms. The van der Waals surface area contributed by atoms with Crippen molar-refractivity contribution < 1.29 is 0 Å². The first-order valence-corrected chi connectivity index (χ1v) is 7.16. The van der Waals surface area contributed by atoms with Gasteiger partial charge in [0, 0.05) is 37.0 Å². The van der Waals surface area contributed by atoms with Crippen molar-refractivity contribution in [1.29, 1.82) is 0 Å². The highest BCUT2D eigenvalue weighted by molar-refractivity contribution is 5.56. The van der Waals surface area contributed by atoms with Crippen molar-refractivity contribution in [2.24, 2.45) is 5.84 Å². The molecule has 0 aliphatic rings. The number of aromatic nitrogens is 4. The first kappa shape index (κ1) is 15.2. The summed E-state index contributed by atoms with van der Waals surface area (Å²) in [6, 6.07) is 0.